The van der Waals surface area contributed by atoms with Gasteiger partial charge in [0, 0.05) is 45.6 Å². The maximum atomic E-state index is 4.33. The van der Waals surface area contributed by atoms with E-state index in [0.29, 0.717) is 0 Å². The molecule has 4 aromatic rings. The quantitative estimate of drug-likeness (QED) is 0.261. The van der Waals surface area contributed by atoms with E-state index in [9.17, 15) is 0 Å². The van der Waals surface area contributed by atoms with Crippen LogP contribution in [0.5, 0.6) is 0 Å². The van der Waals surface area contributed by atoms with Gasteiger partial charge >= 0.3 is 17.1 Å². The minimum absolute atomic E-state index is 0. The summed E-state index contributed by atoms with van der Waals surface area (Å²) in [4.78, 5) is 17.3. The predicted octanol–water partition coefficient (Wildman–Crippen LogP) is 6.37. The van der Waals surface area contributed by atoms with Crippen LogP contribution >= 0.6 is 0 Å². The number of hydrogen-bond acceptors (Lipinski definition) is 4. The molecular formula is C28H28FeN6. The van der Waals surface area contributed by atoms with Crippen molar-refractivity contribution in [1.82, 2.24) is 19.9 Å². The molecule has 4 aromatic heterocycles. The predicted molar refractivity (Wildman–Crippen MR) is 136 cm³/mol. The third-order valence-electron chi connectivity index (χ3n) is 4.47. The Labute approximate surface area is 219 Å². The first-order chi connectivity index (χ1) is 16.5. The molecule has 35 heavy (non-hydrogen) atoms. The summed E-state index contributed by atoms with van der Waals surface area (Å²) in [6.07, 6.45) is 0. The Morgan fingerprint density at radius 1 is 0.429 bits per heavy atom. The average molecular weight is 504 g/mol. The van der Waals surface area contributed by atoms with Crippen LogP contribution in [0.1, 0.15) is 45.6 Å². The molecule has 0 amide bonds. The molecule has 4 rings (SSSR count). The van der Waals surface area contributed by atoms with Crippen LogP contribution in [-0.4, -0.2) is 19.9 Å². The van der Waals surface area contributed by atoms with Crippen LogP contribution in [0.4, 0.5) is 0 Å². The van der Waals surface area contributed by atoms with Crippen molar-refractivity contribution in [2.75, 3.05) is 0 Å². The standard InChI is InChI=1S/2C14H14N3.Fe/c2*1-11-5-3-7-13(16-11)9-15-10-14-8-4-6-12(2)17-14;/h2*3-10H,1-2H3;/q2*-1;+2. The zero-order valence-electron chi connectivity index (χ0n) is 20.3. The molecule has 6 nitrogen and oxygen atoms in total. The molecule has 0 saturated heterocycles. The smallest absolute Gasteiger partial charge is 0.648 e. The van der Waals surface area contributed by atoms with Gasteiger partial charge in [-0.1, -0.05) is 24.3 Å². The van der Waals surface area contributed by atoms with Gasteiger partial charge in [-0.05, 0) is 76.2 Å². The summed E-state index contributed by atoms with van der Waals surface area (Å²) in [5, 5.41) is 8.44. The number of aryl methyl sites for hydroxylation is 4. The molecule has 0 aromatic carbocycles. The second-order valence-electron chi connectivity index (χ2n) is 7.63. The van der Waals surface area contributed by atoms with Gasteiger partial charge in [-0.2, -0.15) is 0 Å². The molecule has 7 heteroatoms. The molecule has 0 aliphatic carbocycles. The van der Waals surface area contributed by atoms with Crippen LogP contribution in [0.3, 0.4) is 0 Å². The first kappa shape index (κ1) is 28.3. The Bertz CT molecular complexity index is 997. The molecule has 0 fully saturated rings. The maximum Gasteiger partial charge on any atom is 2.00 e. The maximum absolute atomic E-state index is 4.33. The SMILES string of the molecule is Cc1cccc([CH][N-][CH]c2cccc(C)n2)n1.Cc1cccc([CH][N-][CH]c2cccc(C)n2)n1.[Fe+2]. The summed E-state index contributed by atoms with van der Waals surface area (Å²) in [5.41, 5.74) is 7.38. The normalized spacial score (nSPS) is 10.2. The fourth-order valence-corrected chi connectivity index (χ4v) is 2.92. The number of hydrogen-bond donors (Lipinski definition) is 0. The van der Waals surface area contributed by atoms with Crippen LogP contribution in [-0.2, 0) is 17.1 Å². The van der Waals surface area contributed by atoms with Crippen molar-refractivity contribution in [3.05, 3.63) is 155 Å². The topological polar surface area (TPSA) is 79.8 Å². The molecule has 0 spiro atoms. The van der Waals surface area contributed by atoms with Gasteiger partial charge in [0.25, 0.3) is 0 Å². The third-order valence-corrected chi connectivity index (χ3v) is 4.47. The average Bonchev–Trinajstić information content (AvgIpc) is 2.80. The Kier molecular flexibility index (Phi) is 12.2. The zero-order valence-corrected chi connectivity index (χ0v) is 21.4. The van der Waals surface area contributed by atoms with Gasteiger partial charge in [-0.15, -0.1) is 26.2 Å². The molecule has 0 unspecified atom stereocenters. The molecule has 0 bridgehead atoms. The van der Waals surface area contributed by atoms with Gasteiger partial charge in [0.05, 0.1) is 0 Å². The van der Waals surface area contributed by atoms with Crippen molar-refractivity contribution in [2.24, 2.45) is 0 Å². The van der Waals surface area contributed by atoms with Gasteiger partial charge in [0.1, 0.15) is 0 Å². The molecule has 0 aliphatic heterocycles. The largest absolute Gasteiger partial charge is 2.00 e. The summed E-state index contributed by atoms with van der Waals surface area (Å²) < 4.78 is 0. The van der Waals surface area contributed by atoms with Crippen molar-refractivity contribution in [3.63, 3.8) is 0 Å². The van der Waals surface area contributed by atoms with Gasteiger partial charge in [-0.3, -0.25) is 19.9 Å². The number of nitrogens with zero attached hydrogens (tertiary/aromatic N) is 6. The molecule has 0 atom stereocenters. The van der Waals surface area contributed by atoms with Gasteiger partial charge < -0.3 is 10.6 Å². The molecule has 0 aliphatic rings. The zero-order chi connectivity index (χ0) is 24.2. The van der Waals surface area contributed by atoms with E-state index >= 15 is 0 Å². The van der Waals surface area contributed by atoms with Crippen LogP contribution in [0.25, 0.3) is 10.6 Å². The number of rotatable bonds is 8. The molecule has 0 saturated carbocycles. The molecule has 0 N–H and O–H groups in total. The Hall–Kier alpha value is -2.96. The van der Waals surface area contributed by atoms with Gasteiger partial charge in [0.2, 0.25) is 0 Å². The molecule has 4 radical (unpaired) electrons. The summed E-state index contributed by atoms with van der Waals surface area (Å²) in [6.45, 7) is 14.8. The van der Waals surface area contributed by atoms with E-state index in [0.717, 1.165) is 45.6 Å². The molecule has 178 valence electrons. The Balaban J connectivity index is 0.000000240. The minimum Gasteiger partial charge on any atom is -0.648 e. The van der Waals surface area contributed by atoms with E-state index in [4.69, 9.17) is 0 Å². The Morgan fingerprint density at radius 2 is 0.657 bits per heavy atom. The minimum atomic E-state index is 0. The van der Waals surface area contributed by atoms with Gasteiger partial charge in [0.15, 0.2) is 0 Å². The van der Waals surface area contributed by atoms with Crippen molar-refractivity contribution in [2.45, 2.75) is 27.7 Å². The third kappa shape index (κ3) is 10.9. The summed E-state index contributed by atoms with van der Waals surface area (Å²) in [6, 6.07) is 23.4. The van der Waals surface area contributed by atoms with E-state index < -0.39 is 0 Å². The summed E-state index contributed by atoms with van der Waals surface area (Å²) >= 11 is 0. The van der Waals surface area contributed by atoms with E-state index in [1.807, 2.05) is 100 Å². The first-order valence-corrected chi connectivity index (χ1v) is 11.0. The second kappa shape index (κ2) is 15.1. The van der Waals surface area contributed by atoms with Crippen LogP contribution < -0.4 is 0 Å². The fraction of sp³-hybridized carbons (Fsp3) is 0.143. The van der Waals surface area contributed by atoms with Crippen LogP contribution in [0, 0.1) is 53.9 Å². The van der Waals surface area contributed by atoms with E-state index in [-0.39, 0.29) is 17.1 Å². The van der Waals surface area contributed by atoms with Gasteiger partial charge in [-0.25, -0.2) is 0 Å². The van der Waals surface area contributed by atoms with E-state index in [1.165, 1.54) is 0 Å². The summed E-state index contributed by atoms with van der Waals surface area (Å²) in [5.74, 6) is 0. The fourth-order valence-electron chi connectivity index (χ4n) is 2.92. The van der Waals surface area contributed by atoms with Crippen molar-refractivity contribution >= 4 is 0 Å². The van der Waals surface area contributed by atoms with E-state index in [2.05, 4.69) is 30.6 Å². The van der Waals surface area contributed by atoms with Crippen molar-refractivity contribution in [1.29, 1.82) is 0 Å². The first-order valence-electron chi connectivity index (χ1n) is 11.0. The second-order valence-corrected chi connectivity index (χ2v) is 7.63. The molecular weight excluding hydrogens is 476 g/mol. The monoisotopic (exact) mass is 504 g/mol. The molecule has 4 heterocycles. The number of aromatic nitrogens is 4. The van der Waals surface area contributed by atoms with E-state index in [1.54, 1.807) is 26.2 Å². The van der Waals surface area contributed by atoms with Crippen LogP contribution in [0.15, 0.2) is 72.8 Å². The van der Waals surface area contributed by atoms with Crippen LogP contribution in [0.2, 0.25) is 0 Å². The van der Waals surface area contributed by atoms with Crippen molar-refractivity contribution in [3.8, 4) is 0 Å². The summed E-state index contributed by atoms with van der Waals surface area (Å²) in [7, 11) is 0. The van der Waals surface area contributed by atoms with Crippen molar-refractivity contribution < 1.29 is 17.1 Å². The number of pyridine rings is 4. The Morgan fingerprint density at radius 3 is 0.857 bits per heavy atom.